The summed E-state index contributed by atoms with van der Waals surface area (Å²) in [6, 6.07) is 4.07. The summed E-state index contributed by atoms with van der Waals surface area (Å²) in [7, 11) is 0. The maximum atomic E-state index is 4.50. The summed E-state index contributed by atoms with van der Waals surface area (Å²) in [4.78, 5) is 20.0. The lowest BCUT2D eigenvalue weighted by molar-refractivity contribution is 0.917. The monoisotopic (exact) mass is 348 g/mol. The summed E-state index contributed by atoms with van der Waals surface area (Å²) in [5.41, 5.74) is 2.55. The van der Waals surface area contributed by atoms with Crippen molar-refractivity contribution in [3.63, 3.8) is 0 Å². The molecule has 0 spiro atoms. The predicted octanol–water partition coefficient (Wildman–Crippen LogP) is 3.37. The summed E-state index contributed by atoms with van der Waals surface area (Å²) < 4.78 is 1.89. The average Bonchev–Trinajstić information content (AvgIpc) is 3.37. The number of nitrogens with zero attached hydrogens (tertiary/aromatic N) is 5. The van der Waals surface area contributed by atoms with Crippen LogP contribution in [0.4, 0.5) is 5.82 Å². The molecule has 0 radical (unpaired) electrons. The molecule has 5 rings (SSSR count). The first-order chi connectivity index (χ1) is 12.4. The van der Waals surface area contributed by atoms with E-state index in [4.69, 9.17) is 0 Å². The highest BCUT2D eigenvalue weighted by Gasteiger charge is 2.20. The Kier molecular flexibility index (Phi) is 3.45. The molecule has 6 nitrogen and oxygen atoms in total. The minimum Gasteiger partial charge on any atom is -0.365 e. The number of aryl methyl sites for hydroxylation is 2. The normalized spacial score (nSPS) is 13.3. The van der Waals surface area contributed by atoms with E-state index in [2.05, 4.69) is 31.3 Å². The molecule has 4 aromatic heterocycles. The molecule has 0 amide bonds. The van der Waals surface area contributed by atoms with E-state index in [-0.39, 0.29) is 0 Å². The van der Waals surface area contributed by atoms with E-state index in [0.717, 1.165) is 28.5 Å². The van der Waals surface area contributed by atoms with Gasteiger partial charge in [0.15, 0.2) is 0 Å². The Balaban J connectivity index is 1.39. The molecule has 7 heteroatoms. The van der Waals surface area contributed by atoms with Gasteiger partial charge in [-0.15, -0.1) is 11.3 Å². The number of aromatic nitrogens is 5. The lowest BCUT2D eigenvalue weighted by Gasteiger charge is -2.08. The minimum atomic E-state index is 0.688. The van der Waals surface area contributed by atoms with Crippen LogP contribution in [0.15, 0.2) is 43.4 Å². The highest BCUT2D eigenvalue weighted by molar-refractivity contribution is 7.19. The standard InChI is InChI=1S/C18H16N6S/c1-2-13-14(3-1)25-18-16(13)17(22-10-23-18)21-9-12-4-5-15(20-8-12)24-7-6-19-11-24/h4-8,10-11H,1-3,9H2,(H,21,22,23). The van der Waals surface area contributed by atoms with E-state index in [1.54, 1.807) is 18.9 Å². The molecule has 0 fully saturated rings. The number of hydrogen-bond acceptors (Lipinski definition) is 6. The number of hydrogen-bond donors (Lipinski definition) is 1. The third-order valence-corrected chi connectivity index (χ3v) is 5.74. The molecular weight excluding hydrogens is 332 g/mol. The van der Waals surface area contributed by atoms with Gasteiger partial charge in [0.05, 0.1) is 5.39 Å². The SMILES string of the molecule is c1cn(-c2ccc(CNc3ncnc4sc5c(c34)CCC5)cn2)cn1. The number of pyridine rings is 1. The second-order valence-electron chi connectivity index (χ2n) is 6.11. The molecule has 0 saturated carbocycles. The van der Waals surface area contributed by atoms with Crippen LogP contribution >= 0.6 is 11.3 Å². The maximum absolute atomic E-state index is 4.50. The molecule has 4 aromatic rings. The van der Waals surface area contributed by atoms with Gasteiger partial charge in [0.1, 0.15) is 29.1 Å². The van der Waals surface area contributed by atoms with Crippen LogP contribution in [-0.4, -0.2) is 24.5 Å². The van der Waals surface area contributed by atoms with E-state index in [0.29, 0.717) is 6.54 Å². The predicted molar refractivity (Wildman–Crippen MR) is 98.1 cm³/mol. The third kappa shape index (κ3) is 2.56. The van der Waals surface area contributed by atoms with Crippen molar-refractivity contribution in [2.45, 2.75) is 25.8 Å². The Hall–Kier alpha value is -2.80. The van der Waals surface area contributed by atoms with Gasteiger partial charge in [-0.05, 0) is 36.5 Å². The van der Waals surface area contributed by atoms with Crippen molar-refractivity contribution in [1.82, 2.24) is 24.5 Å². The summed E-state index contributed by atoms with van der Waals surface area (Å²) in [5.74, 6) is 1.80. The zero-order valence-corrected chi connectivity index (χ0v) is 14.3. The van der Waals surface area contributed by atoms with Crippen molar-refractivity contribution in [3.8, 4) is 5.82 Å². The highest BCUT2D eigenvalue weighted by atomic mass is 32.1. The van der Waals surface area contributed by atoms with E-state index < -0.39 is 0 Å². The van der Waals surface area contributed by atoms with Crippen molar-refractivity contribution >= 4 is 27.4 Å². The van der Waals surface area contributed by atoms with Gasteiger partial charge in [0.25, 0.3) is 0 Å². The quantitative estimate of drug-likeness (QED) is 0.612. The minimum absolute atomic E-state index is 0.688. The number of nitrogens with one attached hydrogen (secondary N) is 1. The molecular formula is C18H16N6S. The Morgan fingerprint density at radius 2 is 2.16 bits per heavy atom. The van der Waals surface area contributed by atoms with Gasteiger partial charge in [-0.2, -0.15) is 0 Å². The maximum Gasteiger partial charge on any atom is 0.138 e. The molecule has 1 aliphatic carbocycles. The number of imidazole rings is 1. The summed E-state index contributed by atoms with van der Waals surface area (Å²) in [6.07, 6.45) is 12.5. The molecule has 0 aromatic carbocycles. The summed E-state index contributed by atoms with van der Waals surface area (Å²) >= 11 is 1.81. The molecule has 4 heterocycles. The molecule has 25 heavy (non-hydrogen) atoms. The molecule has 0 saturated heterocycles. The molecule has 0 unspecified atom stereocenters. The van der Waals surface area contributed by atoms with Crippen molar-refractivity contribution in [2.24, 2.45) is 0 Å². The van der Waals surface area contributed by atoms with Crippen LogP contribution in [0.1, 0.15) is 22.4 Å². The van der Waals surface area contributed by atoms with E-state index in [9.17, 15) is 0 Å². The van der Waals surface area contributed by atoms with E-state index in [1.807, 2.05) is 34.4 Å². The Morgan fingerprint density at radius 3 is 3.00 bits per heavy atom. The van der Waals surface area contributed by atoms with Crippen LogP contribution in [0.3, 0.4) is 0 Å². The summed E-state index contributed by atoms with van der Waals surface area (Å²) in [6.45, 7) is 0.688. The number of rotatable bonds is 4. The average molecular weight is 348 g/mol. The van der Waals surface area contributed by atoms with Crippen molar-refractivity contribution in [2.75, 3.05) is 5.32 Å². The third-order valence-electron chi connectivity index (χ3n) is 4.54. The van der Waals surface area contributed by atoms with Crippen LogP contribution in [0.5, 0.6) is 0 Å². The smallest absolute Gasteiger partial charge is 0.138 e. The van der Waals surface area contributed by atoms with Gasteiger partial charge >= 0.3 is 0 Å². The van der Waals surface area contributed by atoms with Crippen LogP contribution in [0.25, 0.3) is 16.0 Å². The van der Waals surface area contributed by atoms with Gasteiger partial charge in [-0.3, -0.25) is 4.57 Å². The lowest BCUT2D eigenvalue weighted by atomic mass is 10.2. The van der Waals surface area contributed by atoms with Gasteiger partial charge in [-0.1, -0.05) is 6.07 Å². The van der Waals surface area contributed by atoms with Crippen molar-refractivity contribution < 1.29 is 0 Å². The lowest BCUT2D eigenvalue weighted by Crippen LogP contribution is -2.04. The second-order valence-corrected chi connectivity index (χ2v) is 7.19. The largest absolute Gasteiger partial charge is 0.365 e. The highest BCUT2D eigenvalue weighted by Crippen LogP contribution is 2.39. The Morgan fingerprint density at radius 1 is 1.16 bits per heavy atom. The first-order valence-corrected chi connectivity index (χ1v) is 9.12. The van der Waals surface area contributed by atoms with Crippen molar-refractivity contribution in [1.29, 1.82) is 0 Å². The molecule has 0 aliphatic heterocycles. The molecule has 0 atom stereocenters. The summed E-state index contributed by atoms with van der Waals surface area (Å²) in [5, 5.41) is 4.68. The van der Waals surface area contributed by atoms with Gasteiger partial charge in [0, 0.05) is 30.0 Å². The number of fused-ring (bicyclic) bond motifs is 3. The molecule has 124 valence electrons. The topological polar surface area (TPSA) is 68.5 Å². The Labute approximate surface area is 148 Å². The van der Waals surface area contributed by atoms with Crippen LogP contribution in [0.2, 0.25) is 0 Å². The van der Waals surface area contributed by atoms with Gasteiger partial charge in [0.2, 0.25) is 0 Å². The fourth-order valence-electron chi connectivity index (χ4n) is 3.32. The first kappa shape index (κ1) is 14.5. The van der Waals surface area contributed by atoms with Crippen LogP contribution in [-0.2, 0) is 19.4 Å². The number of anilines is 1. The zero-order valence-electron chi connectivity index (χ0n) is 13.5. The number of thiophene rings is 1. The van der Waals surface area contributed by atoms with E-state index in [1.165, 1.54) is 28.7 Å². The van der Waals surface area contributed by atoms with Gasteiger partial charge < -0.3 is 5.32 Å². The van der Waals surface area contributed by atoms with Gasteiger partial charge in [-0.25, -0.2) is 19.9 Å². The Bertz CT molecular complexity index is 1020. The molecule has 1 N–H and O–H groups in total. The second kappa shape index (κ2) is 5.93. The van der Waals surface area contributed by atoms with E-state index >= 15 is 0 Å². The molecule has 1 aliphatic rings. The van der Waals surface area contributed by atoms with Crippen LogP contribution < -0.4 is 5.32 Å². The fraction of sp³-hybridized carbons (Fsp3) is 0.222. The zero-order chi connectivity index (χ0) is 16.6. The van der Waals surface area contributed by atoms with Crippen molar-refractivity contribution in [3.05, 3.63) is 59.4 Å². The first-order valence-electron chi connectivity index (χ1n) is 8.31. The van der Waals surface area contributed by atoms with Crippen LogP contribution in [0, 0.1) is 0 Å². The fourth-order valence-corrected chi connectivity index (χ4v) is 4.55. The molecule has 0 bridgehead atoms.